The summed E-state index contributed by atoms with van der Waals surface area (Å²) in [6, 6.07) is 8.38. The average molecular weight is 274 g/mol. The summed E-state index contributed by atoms with van der Waals surface area (Å²) in [5.74, 6) is 6.65. The lowest BCUT2D eigenvalue weighted by atomic mass is 10.2. The van der Waals surface area contributed by atoms with Crippen LogP contribution in [0.25, 0.3) is 0 Å². The molecule has 1 fully saturated rings. The monoisotopic (exact) mass is 274 g/mol. The third-order valence-corrected chi connectivity index (χ3v) is 3.27. The number of nitrogens with two attached hydrogens (primary N) is 1. The first kappa shape index (κ1) is 14.9. The van der Waals surface area contributed by atoms with Gasteiger partial charge in [-0.3, -0.25) is 4.90 Å². The highest BCUT2D eigenvalue weighted by Crippen LogP contribution is 2.26. The molecule has 0 saturated heterocycles. The molecule has 0 radical (unpaired) electrons. The molecule has 4 nitrogen and oxygen atoms in total. The van der Waals surface area contributed by atoms with Crippen LogP contribution in [0.1, 0.15) is 18.4 Å². The van der Waals surface area contributed by atoms with Gasteiger partial charge in [0.1, 0.15) is 12.4 Å². The Morgan fingerprint density at radius 1 is 1.35 bits per heavy atom. The van der Waals surface area contributed by atoms with Crippen LogP contribution in [0.15, 0.2) is 24.3 Å². The summed E-state index contributed by atoms with van der Waals surface area (Å²) in [6.07, 6.45) is 2.48. The number of aliphatic hydroxyl groups is 1. The molecule has 0 bridgehead atoms. The zero-order valence-corrected chi connectivity index (χ0v) is 11.7. The van der Waals surface area contributed by atoms with Crippen molar-refractivity contribution in [3.63, 3.8) is 0 Å². The molecule has 108 valence electrons. The van der Waals surface area contributed by atoms with Gasteiger partial charge in [-0.25, -0.2) is 0 Å². The minimum absolute atomic E-state index is 0.209. The summed E-state index contributed by atoms with van der Waals surface area (Å²) in [7, 11) is 0. The van der Waals surface area contributed by atoms with E-state index in [1.807, 2.05) is 24.3 Å². The Morgan fingerprint density at radius 3 is 2.90 bits per heavy atom. The highest BCUT2D eigenvalue weighted by atomic mass is 16.5. The molecular weight excluding hydrogens is 252 g/mol. The van der Waals surface area contributed by atoms with E-state index in [0.29, 0.717) is 19.2 Å². The summed E-state index contributed by atoms with van der Waals surface area (Å²) >= 11 is 0. The van der Waals surface area contributed by atoms with Crippen molar-refractivity contribution in [2.24, 2.45) is 5.73 Å². The second-order valence-corrected chi connectivity index (χ2v) is 4.87. The maximum Gasteiger partial charge on any atom is 0.120 e. The van der Waals surface area contributed by atoms with Crippen LogP contribution in [0.5, 0.6) is 5.75 Å². The number of nitrogens with zero attached hydrogens (tertiary/aromatic N) is 1. The number of hydrogen-bond acceptors (Lipinski definition) is 4. The molecule has 1 aromatic rings. The van der Waals surface area contributed by atoms with Gasteiger partial charge in [0.25, 0.3) is 0 Å². The second kappa shape index (κ2) is 7.91. The van der Waals surface area contributed by atoms with E-state index in [1.54, 1.807) is 0 Å². The molecule has 20 heavy (non-hydrogen) atoms. The van der Waals surface area contributed by atoms with Gasteiger partial charge in [0.15, 0.2) is 0 Å². The molecule has 0 aromatic heterocycles. The normalized spacial score (nSPS) is 13.9. The Balaban J connectivity index is 1.81. The molecule has 1 aliphatic rings. The van der Waals surface area contributed by atoms with Crippen LogP contribution in [0.2, 0.25) is 0 Å². The van der Waals surface area contributed by atoms with Crippen LogP contribution in [0, 0.1) is 11.8 Å². The van der Waals surface area contributed by atoms with Crippen LogP contribution < -0.4 is 10.5 Å². The minimum Gasteiger partial charge on any atom is -0.492 e. The topological polar surface area (TPSA) is 58.7 Å². The Hall–Kier alpha value is -1.54. The van der Waals surface area contributed by atoms with E-state index >= 15 is 0 Å². The highest BCUT2D eigenvalue weighted by molar-refractivity contribution is 5.39. The first-order valence-electron chi connectivity index (χ1n) is 7.10. The SMILES string of the molecule is NCC#Cc1cccc(OCCN(CCO)C2CC2)c1. The van der Waals surface area contributed by atoms with Crippen molar-refractivity contribution in [1.82, 2.24) is 4.90 Å². The van der Waals surface area contributed by atoms with E-state index in [2.05, 4.69) is 16.7 Å². The number of aliphatic hydroxyl groups excluding tert-OH is 1. The zero-order chi connectivity index (χ0) is 14.2. The van der Waals surface area contributed by atoms with Crippen molar-refractivity contribution in [1.29, 1.82) is 0 Å². The van der Waals surface area contributed by atoms with Gasteiger partial charge < -0.3 is 15.6 Å². The molecule has 0 heterocycles. The van der Waals surface area contributed by atoms with Gasteiger partial charge in [0, 0.05) is 24.7 Å². The Bertz CT molecular complexity index is 475. The van der Waals surface area contributed by atoms with Gasteiger partial charge in [0.2, 0.25) is 0 Å². The zero-order valence-electron chi connectivity index (χ0n) is 11.7. The summed E-state index contributed by atoms with van der Waals surface area (Å²) < 4.78 is 5.76. The maximum atomic E-state index is 9.04. The van der Waals surface area contributed by atoms with Gasteiger partial charge in [-0.2, -0.15) is 0 Å². The van der Waals surface area contributed by atoms with Crippen molar-refractivity contribution >= 4 is 0 Å². The van der Waals surface area contributed by atoms with Crippen LogP contribution in [0.4, 0.5) is 0 Å². The summed E-state index contributed by atoms with van der Waals surface area (Å²) in [6.45, 7) is 2.79. The van der Waals surface area contributed by atoms with E-state index in [9.17, 15) is 0 Å². The summed E-state index contributed by atoms with van der Waals surface area (Å²) in [5.41, 5.74) is 6.28. The van der Waals surface area contributed by atoms with Crippen molar-refractivity contribution < 1.29 is 9.84 Å². The molecule has 0 atom stereocenters. The predicted molar refractivity (Wildman–Crippen MR) is 79.6 cm³/mol. The van der Waals surface area contributed by atoms with E-state index in [-0.39, 0.29) is 6.61 Å². The fourth-order valence-corrected chi connectivity index (χ4v) is 2.14. The standard InChI is InChI=1S/C16H22N2O2/c17-8-2-4-14-3-1-5-16(13-14)20-12-10-18(9-11-19)15-6-7-15/h1,3,5,13,15,19H,6-12,17H2. The third-order valence-electron chi connectivity index (χ3n) is 3.27. The molecular formula is C16H22N2O2. The van der Waals surface area contributed by atoms with Gasteiger partial charge in [0.05, 0.1) is 13.2 Å². The summed E-state index contributed by atoms with van der Waals surface area (Å²) in [4.78, 5) is 2.29. The minimum atomic E-state index is 0.209. The van der Waals surface area contributed by atoms with Crippen LogP contribution in [-0.4, -0.2) is 48.9 Å². The van der Waals surface area contributed by atoms with Crippen molar-refractivity contribution in [2.75, 3.05) is 32.8 Å². The first-order chi connectivity index (χ1) is 9.83. The van der Waals surface area contributed by atoms with Gasteiger partial charge in [-0.1, -0.05) is 17.9 Å². The van der Waals surface area contributed by atoms with Gasteiger partial charge in [-0.15, -0.1) is 0 Å². The lowest BCUT2D eigenvalue weighted by molar-refractivity contribution is 0.162. The Morgan fingerprint density at radius 2 is 2.20 bits per heavy atom. The molecule has 1 aromatic carbocycles. The van der Waals surface area contributed by atoms with Crippen LogP contribution in [0.3, 0.4) is 0 Å². The predicted octanol–water partition coefficient (Wildman–Crippen LogP) is 0.832. The van der Waals surface area contributed by atoms with Crippen molar-refractivity contribution in [3.05, 3.63) is 29.8 Å². The fraction of sp³-hybridized carbons (Fsp3) is 0.500. The number of hydrogen-bond donors (Lipinski definition) is 2. The van der Waals surface area contributed by atoms with Crippen LogP contribution >= 0.6 is 0 Å². The molecule has 0 spiro atoms. The van der Waals surface area contributed by atoms with E-state index in [4.69, 9.17) is 15.6 Å². The lowest BCUT2D eigenvalue weighted by Gasteiger charge is -2.20. The molecule has 0 amide bonds. The van der Waals surface area contributed by atoms with E-state index in [0.717, 1.165) is 24.4 Å². The van der Waals surface area contributed by atoms with E-state index in [1.165, 1.54) is 12.8 Å². The van der Waals surface area contributed by atoms with Gasteiger partial charge in [-0.05, 0) is 31.0 Å². The third kappa shape index (κ3) is 4.86. The highest BCUT2D eigenvalue weighted by Gasteiger charge is 2.28. The fourth-order valence-electron chi connectivity index (χ4n) is 2.14. The maximum absolute atomic E-state index is 9.04. The Labute approximate surface area is 120 Å². The lowest BCUT2D eigenvalue weighted by Crippen LogP contribution is -2.33. The molecule has 0 aliphatic heterocycles. The quantitative estimate of drug-likeness (QED) is 0.723. The smallest absolute Gasteiger partial charge is 0.120 e. The first-order valence-corrected chi connectivity index (χ1v) is 7.10. The molecule has 0 unspecified atom stereocenters. The summed E-state index contributed by atoms with van der Waals surface area (Å²) in [5, 5.41) is 9.04. The number of ether oxygens (including phenoxy) is 1. The number of rotatable bonds is 7. The molecule has 1 aliphatic carbocycles. The van der Waals surface area contributed by atoms with Crippen molar-refractivity contribution in [3.8, 4) is 17.6 Å². The molecule has 4 heteroatoms. The largest absolute Gasteiger partial charge is 0.492 e. The van der Waals surface area contributed by atoms with Crippen molar-refractivity contribution in [2.45, 2.75) is 18.9 Å². The molecule has 2 rings (SSSR count). The van der Waals surface area contributed by atoms with Crippen LogP contribution in [-0.2, 0) is 0 Å². The average Bonchev–Trinajstić information content (AvgIpc) is 3.29. The molecule has 1 saturated carbocycles. The van der Waals surface area contributed by atoms with Gasteiger partial charge >= 0.3 is 0 Å². The van der Waals surface area contributed by atoms with E-state index < -0.39 is 0 Å². The second-order valence-electron chi connectivity index (χ2n) is 4.87. The molecule has 3 N–H and O–H groups in total. The number of benzene rings is 1. The Kier molecular flexibility index (Phi) is 5.87.